The highest BCUT2D eigenvalue weighted by molar-refractivity contribution is 5.95. The number of aliphatic carboxylic acids is 2. The molecule has 8 heteroatoms. The second kappa shape index (κ2) is 9.56. The van der Waals surface area contributed by atoms with Crippen LogP contribution in [0.2, 0.25) is 0 Å². The SMILES string of the molecule is O=C(N[C@H]1CN2CCC1CC2)c1ccc2c(c1)OCCC2.O=C(O)C=CC(=O)O. The first-order valence-corrected chi connectivity index (χ1v) is 9.85. The van der Waals surface area contributed by atoms with Gasteiger partial charge in [0.2, 0.25) is 0 Å². The predicted molar refractivity (Wildman–Crippen MR) is 105 cm³/mol. The average molecular weight is 402 g/mol. The molecule has 0 spiro atoms. The number of rotatable bonds is 4. The number of carboxylic acid groups (broad SMARTS) is 2. The molecule has 0 radical (unpaired) electrons. The normalized spacial score (nSPS) is 24.6. The number of fused-ring (bicyclic) bond motifs is 4. The van der Waals surface area contributed by atoms with Gasteiger partial charge >= 0.3 is 11.9 Å². The highest BCUT2D eigenvalue weighted by Gasteiger charge is 2.35. The minimum Gasteiger partial charge on any atom is -0.493 e. The second-order valence-corrected chi connectivity index (χ2v) is 7.50. The highest BCUT2D eigenvalue weighted by Crippen LogP contribution is 2.29. The molecule has 1 amide bonds. The maximum absolute atomic E-state index is 12.5. The minimum absolute atomic E-state index is 0.0470. The predicted octanol–water partition coefficient (Wildman–Crippen LogP) is 1.55. The van der Waals surface area contributed by atoms with Gasteiger partial charge in [-0.2, -0.15) is 0 Å². The van der Waals surface area contributed by atoms with Gasteiger partial charge in [0.25, 0.3) is 5.91 Å². The zero-order chi connectivity index (χ0) is 20.8. The Morgan fingerprint density at radius 3 is 2.38 bits per heavy atom. The lowest BCUT2D eigenvalue weighted by Crippen LogP contribution is -2.57. The molecule has 4 aliphatic rings. The van der Waals surface area contributed by atoms with Gasteiger partial charge in [-0.05, 0) is 62.4 Å². The Hall–Kier alpha value is -2.87. The molecule has 3 fully saturated rings. The zero-order valence-electron chi connectivity index (χ0n) is 16.2. The molecule has 1 aromatic rings. The van der Waals surface area contributed by atoms with Crippen LogP contribution in [-0.4, -0.2) is 65.2 Å². The number of amides is 1. The van der Waals surface area contributed by atoms with Crippen LogP contribution in [0.15, 0.2) is 30.4 Å². The van der Waals surface area contributed by atoms with E-state index in [-0.39, 0.29) is 5.91 Å². The van der Waals surface area contributed by atoms with Crippen molar-refractivity contribution in [1.82, 2.24) is 10.2 Å². The van der Waals surface area contributed by atoms with Crippen LogP contribution in [0.25, 0.3) is 0 Å². The van der Waals surface area contributed by atoms with Crippen molar-refractivity contribution in [3.05, 3.63) is 41.5 Å². The van der Waals surface area contributed by atoms with Crippen LogP contribution in [0, 0.1) is 5.92 Å². The van der Waals surface area contributed by atoms with E-state index < -0.39 is 11.9 Å². The summed E-state index contributed by atoms with van der Waals surface area (Å²) < 4.78 is 5.67. The lowest BCUT2D eigenvalue weighted by molar-refractivity contribution is -0.134. The van der Waals surface area contributed by atoms with Crippen molar-refractivity contribution in [2.45, 2.75) is 31.7 Å². The number of carbonyl (C=O) groups excluding carboxylic acids is 1. The minimum atomic E-state index is -1.26. The molecule has 156 valence electrons. The fourth-order valence-corrected chi connectivity index (χ4v) is 4.00. The second-order valence-electron chi connectivity index (χ2n) is 7.50. The molecule has 29 heavy (non-hydrogen) atoms. The van der Waals surface area contributed by atoms with Gasteiger partial charge in [0.15, 0.2) is 0 Å². The van der Waals surface area contributed by atoms with Crippen molar-refractivity contribution in [1.29, 1.82) is 0 Å². The Bertz CT molecular complexity index is 782. The first-order chi connectivity index (χ1) is 13.9. The molecule has 4 heterocycles. The Labute approximate surface area is 169 Å². The Balaban J connectivity index is 0.000000258. The van der Waals surface area contributed by atoms with Crippen LogP contribution in [0.5, 0.6) is 5.75 Å². The molecule has 1 atom stereocenters. The number of carbonyl (C=O) groups is 3. The molecule has 0 aliphatic carbocycles. The number of piperidine rings is 3. The van der Waals surface area contributed by atoms with Crippen molar-refractivity contribution in [2.24, 2.45) is 5.92 Å². The lowest BCUT2D eigenvalue weighted by Gasteiger charge is -2.44. The van der Waals surface area contributed by atoms with Crippen LogP contribution in [0.1, 0.15) is 35.2 Å². The molecule has 3 N–H and O–H groups in total. The van der Waals surface area contributed by atoms with Gasteiger partial charge in [-0.25, -0.2) is 9.59 Å². The van der Waals surface area contributed by atoms with Gasteiger partial charge in [0.05, 0.1) is 6.61 Å². The topological polar surface area (TPSA) is 116 Å². The van der Waals surface area contributed by atoms with Crippen LogP contribution in [-0.2, 0) is 16.0 Å². The number of hydrogen-bond acceptors (Lipinski definition) is 5. The van der Waals surface area contributed by atoms with Gasteiger partial charge in [0, 0.05) is 30.3 Å². The van der Waals surface area contributed by atoms with Crippen molar-refractivity contribution in [3.63, 3.8) is 0 Å². The van der Waals surface area contributed by atoms with E-state index in [1.54, 1.807) is 0 Å². The molecular weight excluding hydrogens is 376 g/mol. The van der Waals surface area contributed by atoms with Crippen LogP contribution < -0.4 is 10.1 Å². The highest BCUT2D eigenvalue weighted by atomic mass is 16.5. The summed E-state index contributed by atoms with van der Waals surface area (Å²) in [6.45, 7) is 4.17. The maximum Gasteiger partial charge on any atom is 0.328 e. The number of aryl methyl sites for hydroxylation is 1. The van der Waals surface area contributed by atoms with Crippen molar-refractivity contribution >= 4 is 17.8 Å². The summed E-state index contributed by atoms with van der Waals surface area (Å²) >= 11 is 0. The van der Waals surface area contributed by atoms with E-state index >= 15 is 0 Å². The molecule has 5 rings (SSSR count). The first kappa shape index (κ1) is 20.9. The van der Waals surface area contributed by atoms with E-state index in [9.17, 15) is 14.4 Å². The molecule has 0 saturated carbocycles. The maximum atomic E-state index is 12.5. The third kappa shape index (κ3) is 5.80. The summed E-state index contributed by atoms with van der Waals surface area (Å²) in [6, 6.07) is 6.20. The summed E-state index contributed by atoms with van der Waals surface area (Å²) in [5.41, 5.74) is 1.95. The van der Waals surface area contributed by atoms with E-state index in [0.717, 1.165) is 37.3 Å². The monoisotopic (exact) mass is 402 g/mol. The number of hydrogen-bond donors (Lipinski definition) is 3. The molecule has 3 saturated heterocycles. The largest absolute Gasteiger partial charge is 0.493 e. The number of ether oxygens (including phenoxy) is 1. The van der Waals surface area contributed by atoms with Crippen LogP contribution in [0.3, 0.4) is 0 Å². The quantitative estimate of drug-likeness (QED) is 0.654. The zero-order valence-corrected chi connectivity index (χ0v) is 16.2. The lowest BCUT2D eigenvalue weighted by atomic mass is 9.84. The summed E-state index contributed by atoms with van der Waals surface area (Å²) in [7, 11) is 0. The fraction of sp³-hybridized carbons (Fsp3) is 0.476. The summed E-state index contributed by atoms with van der Waals surface area (Å²) in [5, 5.41) is 18.9. The third-order valence-corrected chi connectivity index (χ3v) is 5.52. The van der Waals surface area contributed by atoms with Crippen molar-refractivity contribution in [3.8, 4) is 5.75 Å². The molecule has 8 nitrogen and oxygen atoms in total. The van der Waals surface area contributed by atoms with Gasteiger partial charge in [-0.1, -0.05) is 6.07 Å². The molecule has 4 aliphatic heterocycles. The van der Waals surface area contributed by atoms with E-state index in [1.807, 2.05) is 18.2 Å². The van der Waals surface area contributed by atoms with Crippen molar-refractivity contribution in [2.75, 3.05) is 26.2 Å². The number of benzene rings is 1. The van der Waals surface area contributed by atoms with Gasteiger partial charge < -0.3 is 25.2 Å². The van der Waals surface area contributed by atoms with Crippen LogP contribution in [0.4, 0.5) is 0 Å². The summed E-state index contributed by atoms with van der Waals surface area (Å²) in [6.07, 6.45) is 5.68. The van der Waals surface area contributed by atoms with Gasteiger partial charge in [-0.3, -0.25) is 4.79 Å². The Morgan fingerprint density at radius 1 is 1.10 bits per heavy atom. The summed E-state index contributed by atoms with van der Waals surface area (Å²) in [4.78, 5) is 34.1. The number of nitrogens with zero attached hydrogens (tertiary/aromatic N) is 1. The molecule has 2 bridgehead atoms. The Morgan fingerprint density at radius 2 is 1.79 bits per heavy atom. The molecular formula is C21H26N2O6. The van der Waals surface area contributed by atoms with Gasteiger partial charge in [-0.15, -0.1) is 0 Å². The van der Waals surface area contributed by atoms with E-state index in [0.29, 0.717) is 24.1 Å². The van der Waals surface area contributed by atoms with Crippen LogP contribution >= 0.6 is 0 Å². The first-order valence-electron chi connectivity index (χ1n) is 9.85. The summed E-state index contributed by atoms with van der Waals surface area (Å²) in [5.74, 6) is -0.916. The molecule has 1 aromatic carbocycles. The average Bonchev–Trinajstić information content (AvgIpc) is 2.73. The van der Waals surface area contributed by atoms with E-state index in [2.05, 4.69) is 10.2 Å². The standard InChI is InChI=1S/C17H22N2O2.C4H4O4/c20-17(18-15-11-19-7-5-12(15)6-8-19)14-4-3-13-2-1-9-21-16(13)10-14;5-3(6)1-2-4(7)8/h3-4,10,12,15H,1-2,5-9,11H2,(H,18,20);1-2H,(H,5,6)(H,7,8)/t15-;/m0./s1. The smallest absolute Gasteiger partial charge is 0.328 e. The third-order valence-electron chi connectivity index (χ3n) is 5.52. The molecule has 0 aromatic heterocycles. The Kier molecular flexibility index (Phi) is 6.87. The molecule has 0 unspecified atom stereocenters. The fourth-order valence-electron chi connectivity index (χ4n) is 4.00. The number of nitrogens with one attached hydrogen (secondary N) is 1. The number of carboxylic acids is 2. The van der Waals surface area contributed by atoms with E-state index in [1.165, 1.54) is 31.5 Å². The van der Waals surface area contributed by atoms with E-state index in [4.69, 9.17) is 14.9 Å². The van der Waals surface area contributed by atoms with Gasteiger partial charge in [0.1, 0.15) is 5.75 Å². The van der Waals surface area contributed by atoms with Crippen molar-refractivity contribution < 1.29 is 29.3 Å².